The second kappa shape index (κ2) is 10.1. The van der Waals surface area contributed by atoms with Gasteiger partial charge in [-0.2, -0.15) is 0 Å². The van der Waals surface area contributed by atoms with Crippen LogP contribution in [0, 0.1) is 16.6 Å². The van der Waals surface area contributed by atoms with Crippen LogP contribution in [0.1, 0.15) is 101 Å². The maximum Gasteiger partial charge on any atom is 0.237 e. The summed E-state index contributed by atoms with van der Waals surface area (Å²) in [7, 11) is 1.99. The van der Waals surface area contributed by atoms with E-state index in [4.69, 9.17) is 23.2 Å². The van der Waals surface area contributed by atoms with Gasteiger partial charge in [0.25, 0.3) is 0 Å². The molecule has 0 radical (unpaired) electrons. The van der Waals surface area contributed by atoms with Gasteiger partial charge in [0.1, 0.15) is 17.0 Å². The molecule has 4 saturated carbocycles. The molecule has 6 aliphatic rings. The zero-order valence-corrected chi connectivity index (χ0v) is 26.4. The van der Waals surface area contributed by atoms with Crippen molar-refractivity contribution < 1.29 is 18.8 Å². The zero-order chi connectivity index (χ0) is 30.4. The standard InChI is InChI=1S/C35H39Cl2FN2O3/c1-21(41)33-16-13-32(14-17-33,15-18-33)20-27(42)30-28(23-7-6-8-25(37)29(23)38)35(34(40(30)2)11-4-3-5-12-34)24-10-9-22(36)19-26(24)39-31(35)43/h6-10,19,28,30H,3-5,11-18,20H2,1-2H3,(H,39,43)/t28-,30-,32?,33?,35+/m0/s1. The number of rotatable bonds is 5. The Morgan fingerprint density at radius 3 is 2.30 bits per heavy atom. The topological polar surface area (TPSA) is 66.5 Å². The third kappa shape index (κ3) is 3.94. The molecule has 5 nitrogen and oxygen atoms in total. The fourth-order valence-corrected chi connectivity index (χ4v) is 10.7. The number of likely N-dealkylation sites (N-methyl/N-ethyl adjacent to an activating group) is 1. The van der Waals surface area contributed by atoms with Gasteiger partial charge in [0.2, 0.25) is 5.91 Å². The first-order valence-electron chi connectivity index (χ1n) is 15.8. The number of Topliss-reactive ketones (excluding diaryl/α,β-unsaturated/α-hetero) is 2. The quantitative estimate of drug-likeness (QED) is 0.366. The molecule has 1 saturated heterocycles. The second-order valence-electron chi connectivity index (χ2n) is 14.2. The van der Waals surface area contributed by atoms with E-state index in [1.165, 1.54) is 6.07 Å². The third-order valence-electron chi connectivity index (χ3n) is 12.6. The molecule has 228 valence electrons. The molecule has 2 heterocycles. The summed E-state index contributed by atoms with van der Waals surface area (Å²) >= 11 is 12.8. The van der Waals surface area contributed by atoms with Gasteiger partial charge in [0.05, 0.1) is 11.1 Å². The Morgan fingerprint density at radius 2 is 1.65 bits per heavy atom. The largest absolute Gasteiger partial charge is 0.325 e. The monoisotopic (exact) mass is 624 g/mol. The minimum atomic E-state index is -1.20. The Hall–Kier alpha value is -2.28. The number of likely N-dealkylation sites (tertiary alicyclic amines) is 1. The van der Waals surface area contributed by atoms with Crippen molar-refractivity contribution in [2.45, 2.75) is 107 Å². The number of hydrogen-bond acceptors (Lipinski definition) is 4. The van der Waals surface area contributed by atoms with Gasteiger partial charge in [-0.05, 0) is 100 Å². The molecule has 1 amide bonds. The van der Waals surface area contributed by atoms with Gasteiger partial charge in [-0.1, -0.05) is 60.7 Å². The lowest BCUT2D eigenvalue weighted by Gasteiger charge is -2.52. The first kappa shape index (κ1) is 29.4. The normalized spacial score (nSPS) is 34.5. The highest BCUT2D eigenvalue weighted by Gasteiger charge is 2.74. The van der Waals surface area contributed by atoms with Gasteiger partial charge < -0.3 is 5.32 Å². The van der Waals surface area contributed by atoms with Crippen LogP contribution in [0.4, 0.5) is 10.1 Å². The summed E-state index contributed by atoms with van der Waals surface area (Å²) in [6.07, 6.45) is 9.76. The van der Waals surface area contributed by atoms with E-state index in [2.05, 4.69) is 10.2 Å². The van der Waals surface area contributed by atoms with E-state index in [1.807, 2.05) is 13.1 Å². The van der Waals surface area contributed by atoms with E-state index in [-0.39, 0.29) is 33.3 Å². The Kier molecular flexibility index (Phi) is 6.92. The van der Waals surface area contributed by atoms with Crippen LogP contribution in [0.3, 0.4) is 0 Å². The van der Waals surface area contributed by atoms with Crippen molar-refractivity contribution in [3.05, 3.63) is 63.4 Å². The molecule has 2 aromatic rings. The molecule has 2 aliphatic heterocycles. The molecule has 2 bridgehead atoms. The van der Waals surface area contributed by atoms with Gasteiger partial charge in [0.15, 0.2) is 5.78 Å². The Labute approximate surface area is 262 Å². The third-order valence-corrected chi connectivity index (χ3v) is 13.2. The van der Waals surface area contributed by atoms with Crippen molar-refractivity contribution in [3.8, 4) is 0 Å². The van der Waals surface area contributed by atoms with Crippen LogP contribution in [0.15, 0.2) is 36.4 Å². The molecule has 2 spiro atoms. The summed E-state index contributed by atoms with van der Waals surface area (Å²) in [5, 5.41) is 3.62. The molecule has 3 atom stereocenters. The summed E-state index contributed by atoms with van der Waals surface area (Å²) in [4.78, 5) is 44.3. The average Bonchev–Trinajstić information content (AvgIpc) is 3.40. The number of nitrogens with one attached hydrogen (secondary N) is 1. The SMILES string of the molecule is CC(=O)C12CCC(CC(=O)[C@H]3[C@H](c4cccc(Cl)c4F)[C@]4(C(=O)Nc5cc(Cl)ccc54)C4(CCCCC4)N3C)(CC1)CC2. The van der Waals surface area contributed by atoms with Crippen LogP contribution >= 0.6 is 23.2 Å². The predicted molar refractivity (Wildman–Crippen MR) is 166 cm³/mol. The van der Waals surface area contributed by atoms with Crippen molar-refractivity contribution in [1.29, 1.82) is 0 Å². The van der Waals surface area contributed by atoms with E-state index in [0.717, 1.165) is 76.2 Å². The Bertz CT molecular complexity index is 1510. The van der Waals surface area contributed by atoms with Crippen LogP contribution in [0.2, 0.25) is 10.0 Å². The maximum absolute atomic E-state index is 16.3. The second-order valence-corrected chi connectivity index (χ2v) is 15.0. The fraction of sp³-hybridized carbons (Fsp3) is 0.571. The lowest BCUT2D eigenvalue weighted by molar-refractivity contribution is -0.139. The smallest absolute Gasteiger partial charge is 0.237 e. The molecule has 43 heavy (non-hydrogen) atoms. The van der Waals surface area contributed by atoms with Crippen LogP contribution in [0.5, 0.6) is 0 Å². The predicted octanol–water partition coefficient (Wildman–Crippen LogP) is 8.01. The van der Waals surface area contributed by atoms with E-state index < -0.39 is 28.7 Å². The van der Waals surface area contributed by atoms with Crippen LogP contribution < -0.4 is 5.32 Å². The molecule has 4 aliphatic carbocycles. The Morgan fingerprint density at radius 1 is 0.977 bits per heavy atom. The number of amides is 1. The van der Waals surface area contributed by atoms with Gasteiger partial charge in [0, 0.05) is 34.0 Å². The number of carbonyl (C=O) groups excluding carboxylic acids is 3. The minimum absolute atomic E-state index is 0.0143. The maximum atomic E-state index is 16.3. The van der Waals surface area contributed by atoms with Crippen molar-refractivity contribution in [2.75, 3.05) is 12.4 Å². The molecule has 0 unspecified atom stereocenters. The van der Waals surface area contributed by atoms with E-state index in [9.17, 15) is 14.4 Å². The number of nitrogens with zero attached hydrogens (tertiary/aromatic N) is 1. The number of fused-ring (bicyclic) bond motifs is 6. The van der Waals surface area contributed by atoms with Gasteiger partial charge in [-0.25, -0.2) is 4.39 Å². The van der Waals surface area contributed by atoms with Gasteiger partial charge in [-0.15, -0.1) is 0 Å². The molecule has 8 rings (SSSR count). The fourth-order valence-electron chi connectivity index (χ4n) is 10.4. The highest BCUT2D eigenvalue weighted by Crippen LogP contribution is 2.67. The number of ketones is 2. The first-order valence-corrected chi connectivity index (χ1v) is 16.6. The highest BCUT2D eigenvalue weighted by molar-refractivity contribution is 6.31. The lowest BCUT2D eigenvalue weighted by atomic mass is 9.51. The molecule has 0 aromatic heterocycles. The van der Waals surface area contributed by atoms with Crippen LogP contribution in [-0.4, -0.2) is 41.0 Å². The zero-order valence-electron chi connectivity index (χ0n) is 24.9. The molecule has 8 heteroatoms. The summed E-state index contributed by atoms with van der Waals surface area (Å²) in [6.45, 7) is 1.71. The van der Waals surface area contributed by atoms with Crippen LogP contribution in [-0.2, 0) is 19.8 Å². The minimum Gasteiger partial charge on any atom is -0.325 e. The number of anilines is 1. The van der Waals surface area contributed by atoms with E-state index >= 15 is 4.39 Å². The lowest BCUT2D eigenvalue weighted by Crippen LogP contribution is -2.60. The van der Waals surface area contributed by atoms with Gasteiger partial charge in [-0.3, -0.25) is 19.3 Å². The number of hydrogen-bond donors (Lipinski definition) is 1. The van der Waals surface area contributed by atoms with Crippen molar-refractivity contribution in [3.63, 3.8) is 0 Å². The van der Waals surface area contributed by atoms with Crippen molar-refractivity contribution in [1.82, 2.24) is 4.90 Å². The van der Waals surface area contributed by atoms with Crippen LogP contribution in [0.25, 0.3) is 0 Å². The van der Waals surface area contributed by atoms with Gasteiger partial charge >= 0.3 is 0 Å². The molecule has 1 N–H and O–H groups in total. The summed E-state index contributed by atoms with van der Waals surface area (Å²) < 4.78 is 16.3. The van der Waals surface area contributed by atoms with E-state index in [1.54, 1.807) is 31.2 Å². The first-order chi connectivity index (χ1) is 20.5. The summed E-state index contributed by atoms with van der Waals surface area (Å²) in [5.74, 6) is -1.21. The number of halogens is 3. The molecule has 2 aromatic carbocycles. The highest BCUT2D eigenvalue weighted by atomic mass is 35.5. The molecule has 5 fully saturated rings. The van der Waals surface area contributed by atoms with Crippen molar-refractivity contribution >= 4 is 46.4 Å². The number of carbonyl (C=O) groups is 3. The Balaban J connectivity index is 1.40. The van der Waals surface area contributed by atoms with Crippen molar-refractivity contribution in [2.24, 2.45) is 10.8 Å². The molecular formula is C35H39Cl2FN2O3. The summed E-state index contributed by atoms with van der Waals surface area (Å²) in [5.41, 5.74) is -0.539. The van der Waals surface area contributed by atoms with E-state index in [0.29, 0.717) is 22.7 Å². The molecular weight excluding hydrogens is 586 g/mol. The number of benzene rings is 2. The average molecular weight is 626 g/mol. The summed E-state index contributed by atoms with van der Waals surface area (Å²) in [6, 6.07) is 9.71.